The molecule has 1 aliphatic rings. The van der Waals surface area contributed by atoms with Crippen molar-refractivity contribution in [3.8, 4) is 0 Å². The van der Waals surface area contributed by atoms with Crippen molar-refractivity contribution in [3.63, 3.8) is 0 Å². The first kappa shape index (κ1) is 15.0. The SMILES string of the molecule is Cn1cnnc1[C@H]1CCCN(C(=O)c2cc(Cl)ccc2F)C1. The molecule has 1 atom stereocenters. The van der Waals surface area contributed by atoms with E-state index in [1.807, 2.05) is 11.6 Å². The van der Waals surface area contributed by atoms with Gasteiger partial charge in [0, 0.05) is 31.1 Å². The lowest BCUT2D eigenvalue weighted by atomic mass is 9.96. The fraction of sp³-hybridized carbons (Fsp3) is 0.400. The molecular weight excluding hydrogens is 307 g/mol. The molecule has 1 amide bonds. The Kier molecular flexibility index (Phi) is 4.11. The van der Waals surface area contributed by atoms with Crippen LogP contribution in [0.15, 0.2) is 24.5 Å². The molecule has 0 aliphatic carbocycles. The quantitative estimate of drug-likeness (QED) is 0.854. The lowest BCUT2D eigenvalue weighted by Gasteiger charge is -2.32. The maximum absolute atomic E-state index is 13.9. The predicted octanol–water partition coefficient (Wildman–Crippen LogP) is 2.63. The highest BCUT2D eigenvalue weighted by atomic mass is 35.5. The Morgan fingerprint density at radius 1 is 1.45 bits per heavy atom. The second-order valence-corrected chi connectivity index (χ2v) is 5.95. The standard InChI is InChI=1S/C15H16ClFN4O/c1-20-9-18-19-14(20)10-3-2-6-21(8-10)15(22)12-7-11(16)4-5-13(12)17/h4-5,7,9-10H,2-3,6,8H2,1H3/t10-/m0/s1. The van der Waals surface area contributed by atoms with Gasteiger partial charge in [0.05, 0.1) is 5.56 Å². The minimum absolute atomic E-state index is 0.0196. The van der Waals surface area contributed by atoms with E-state index in [0.717, 1.165) is 18.7 Å². The summed E-state index contributed by atoms with van der Waals surface area (Å²) in [4.78, 5) is 14.2. The van der Waals surface area contributed by atoms with Gasteiger partial charge in [-0.25, -0.2) is 4.39 Å². The molecule has 1 fully saturated rings. The van der Waals surface area contributed by atoms with E-state index in [1.165, 1.54) is 18.2 Å². The van der Waals surface area contributed by atoms with E-state index in [9.17, 15) is 9.18 Å². The van der Waals surface area contributed by atoms with Crippen LogP contribution in [0.4, 0.5) is 4.39 Å². The van der Waals surface area contributed by atoms with Gasteiger partial charge in [-0.05, 0) is 31.0 Å². The summed E-state index contributed by atoms with van der Waals surface area (Å²) >= 11 is 5.87. The van der Waals surface area contributed by atoms with Gasteiger partial charge in [-0.2, -0.15) is 0 Å². The summed E-state index contributed by atoms with van der Waals surface area (Å²) in [6, 6.07) is 4.04. The third kappa shape index (κ3) is 2.83. The van der Waals surface area contributed by atoms with Crippen molar-refractivity contribution in [2.45, 2.75) is 18.8 Å². The van der Waals surface area contributed by atoms with Gasteiger partial charge in [0.2, 0.25) is 0 Å². The van der Waals surface area contributed by atoms with E-state index in [-0.39, 0.29) is 17.4 Å². The molecule has 0 N–H and O–H groups in total. The molecule has 1 saturated heterocycles. The first-order valence-corrected chi connectivity index (χ1v) is 7.52. The number of piperidine rings is 1. The summed E-state index contributed by atoms with van der Waals surface area (Å²) in [7, 11) is 1.88. The summed E-state index contributed by atoms with van der Waals surface area (Å²) in [5.74, 6) is 0.0959. The van der Waals surface area contributed by atoms with E-state index in [2.05, 4.69) is 10.2 Å². The van der Waals surface area contributed by atoms with Crippen LogP contribution in [0.1, 0.15) is 34.9 Å². The average Bonchev–Trinajstić information content (AvgIpc) is 2.95. The predicted molar refractivity (Wildman–Crippen MR) is 80.3 cm³/mol. The van der Waals surface area contributed by atoms with Crippen molar-refractivity contribution in [3.05, 3.63) is 46.8 Å². The van der Waals surface area contributed by atoms with Crippen molar-refractivity contribution in [1.82, 2.24) is 19.7 Å². The number of benzene rings is 1. The summed E-state index contributed by atoms with van der Waals surface area (Å²) in [6.45, 7) is 1.12. The van der Waals surface area contributed by atoms with Crippen LogP contribution in [0, 0.1) is 5.82 Å². The first-order valence-electron chi connectivity index (χ1n) is 7.14. The molecule has 3 rings (SSSR count). The Hall–Kier alpha value is -1.95. The monoisotopic (exact) mass is 322 g/mol. The van der Waals surface area contributed by atoms with Crippen LogP contribution < -0.4 is 0 Å². The molecule has 1 aliphatic heterocycles. The highest BCUT2D eigenvalue weighted by Gasteiger charge is 2.29. The number of hydrogen-bond acceptors (Lipinski definition) is 3. The number of nitrogens with zero attached hydrogens (tertiary/aromatic N) is 4. The Morgan fingerprint density at radius 2 is 2.27 bits per heavy atom. The lowest BCUT2D eigenvalue weighted by Crippen LogP contribution is -2.40. The topological polar surface area (TPSA) is 51.0 Å². The maximum atomic E-state index is 13.9. The van der Waals surface area contributed by atoms with Gasteiger partial charge in [0.25, 0.3) is 5.91 Å². The smallest absolute Gasteiger partial charge is 0.256 e. The molecular formula is C15H16ClFN4O. The molecule has 1 aromatic heterocycles. The summed E-state index contributed by atoms with van der Waals surface area (Å²) in [5.41, 5.74) is 0.0196. The van der Waals surface area contributed by atoms with Gasteiger partial charge < -0.3 is 9.47 Å². The number of aromatic nitrogens is 3. The Morgan fingerprint density at radius 3 is 3.00 bits per heavy atom. The van der Waals surface area contributed by atoms with Gasteiger partial charge in [-0.3, -0.25) is 4.79 Å². The third-order valence-corrected chi connectivity index (χ3v) is 4.21. The highest BCUT2D eigenvalue weighted by molar-refractivity contribution is 6.31. The minimum Gasteiger partial charge on any atom is -0.338 e. The van der Waals surface area contributed by atoms with E-state index in [1.54, 1.807) is 11.2 Å². The molecule has 5 nitrogen and oxygen atoms in total. The van der Waals surface area contributed by atoms with Gasteiger partial charge in [-0.1, -0.05) is 11.6 Å². The molecule has 0 unspecified atom stereocenters. The molecule has 22 heavy (non-hydrogen) atoms. The van der Waals surface area contributed by atoms with Gasteiger partial charge in [-0.15, -0.1) is 10.2 Å². The van der Waals surface area contributed by atoms with Crippen molar-refractivity contribution in [1.29, 1.82) is 0 Å². The van der Waals surface area contributed by atoms with Crippen LogP contribution in [-0.4, -0.2) is 38.7 Å². The molecule has 0 saturated carbocycles. The third-order valence-electron chi connectivity index (χ3n) is 3.98. The van der Waals surface area contributed by atoms with Crippen LogP contribution in [-0.2, 0) is 7.05 Å². The number of amides is 1. The Bertz CT molecular complexity index is 703. The van der Waals surface area contributed by atoms with Crippen molar-refractivity contribution >= 4 is 17.5 Å². The van der Waals surface area contributed by atoms with Crippen LogP contribution >= 0.6 is 11.6 Å². The summed E-state index contributed by atoms with van der Waals surface area (Å²) < 4.78 is 15.7. The maximum Gasteiger partial charge on any atom is 0.256 e. The number of halogens is 2. The zero-order chi connectivity index (χ0) is 15.7. The summed E-state index contributed by atoms with van der Waals surface area (Å²) in [6.07, 6.45) is 3.44. The Balaban J connectivity index is 1.81. The number of likely N-dealkylation sites (tertiary alicyclic amines) is 1. The van der Waals surface area contributed by atoms with Gasteiger partial charge in [0.1, 0.15) is 18.0 Å². The fourth-order valence-corrected chi connectivity index (χ4v) is 3.04. The zero-order valence-electron chi connectivity index (χ0n) is 12.2. The zero-order valence-corrected chi connectivity index (χ0v) is 12.9. The van der Waals surface area contributed by atoms with Crippen LogP contribution in [0.25, 0.3) is 0 Å². The number of hydrogen-bond donors (Lipinski definition) is 0. The first-order chi connectivity index (χ1) is 10.6. The van der Waals surface area contributed by atoms with E-state index in [4.69, 9.17) is 11.6 Å². The van der Waals surface area contributed by atoms with E-state index in [0.29, 0.717) is 18.1 Å². The molecule has 7 heteroatoms. The van der Waals surface area contributed by atoms with Gasteiger partial charge in [0.15, 0.2) is 0 Å². The highest BCUT2D eigenvalue weighted by Crippen LogP contribution is 2.27. The minimum atomic E-state index is -0.546. The molecule has 2 heterocycles. The van der Waals surface area contributed by atoms with E-state index >= 15 is 0 Å². The van der Waals surface area contributed by atoms with Crippen LogP contribution in [0.5, 0.6) is 0 Å². The van der Waals surface area contributed by atoms with Crippen molar-refractivity contribution in [2.75, 3.05) is 13.1 Å². The molecule has 116 valence electrons. The second kappa shape index (κ2) is 6.04. The number of aryl methyl sites for hydroxylation is 1. The number of rotatable bonds is 2. The normalized spacial score (nSPS) is 18.5. The lowest BCUT2D eigenvalue weighted by molar-refractivity contribution is 0.0698. The largest absolute Gasteiger partial charge is 0.338 e. The van der Waals surface area contributed by atoms with Crippen molar-refractivity contribution in [2.24, 2.45) is 7.05 Å². The Labute approximate surface area is 132 Å². The average molecular weight is 323 g/mol. The number of carbonyl (C=O) groups is 1. The van der Waals surface area contributed by atoms with Crippen LogP contribution in [0.2, 0.25) is 5.02 Å². The fourth-order valence-electron chi connectivity index (χ4n) is 2.87. The van der Waals surface area contributed by atoms with E-state index < -0.39 is 5.82 Å². The molecule has 0 radical (unpaired) electrons. The molecule has 2 aromatic rings. The molecule has 0 bridgehead atoms. The molecule has 1 aromatic carbocycles. The van der Waals surface area contributed by atoms with Crippen LogP contribution in [0.3, 0.4) is 0 Å². The number of carbonyl (C=O) groups excluding carboxylic acids is 1. The molecule has 0 spiro atoms. The summed E-state index contributed by atoms with van der Waals surface area (Å²) in [5, 5.41) is 8.35. The van der Waals surface area contributed by atoms with Gasteiger partial charge >= 0.3 is 0 Å². The second-order valence-electron chi connectivity index (χ2n) is 5.51. The van der Waals surface area contributed by atoms with Crippen molar-refractivity contribution < 1.29 is 9.18 Å².